The van der Waals surface area contributed by atoms with Crippen molar-refractivity contribution in [3.8, 4) is 0 Å². The van der Waals surface area contributed by atoms with Crippen LogP contribution >= 0.6 is 0 Å². The van der Waals surface area contributed by atoms with Gasteiger partial charge in [0.1, 0.15) is 5.71 Å². The van der Waals surface area contributed by atoms with E-state index in [2.05, 4.69) is 10.3 Å². The van der Waals surface area contributed by atoms with Gasteiger partial charge in [0.05, 0.1) is 24.8 Å². The summed E-state index contributed by atoms with van der Waals surface area (Å²) in [4.78, 5) is 29.9. The molecule has 0 saturated heterocycles. The smallest absolute Gasteiger partial charge is 0.191 e. The summed E-state index contributed by atoms with van der Waals surface area (Å²) in [5.74, 6) is -1.10. The number of aliphatic hydroxyl groups is 2. The Hall–Kier alpha value is -2.35. The molecule has 0 heterocycles. The molecular weight excluding hydrogens is 346 g/mol. The Bertz CT molecular complexity index is 692. The molecule has 0 spiro atoms. The second-order valence-electron chi connectivity index (χ2n) is 6.43. The van der Waals surface area contributed by atoms with Crippen LogP contribution in [0.3, 0.4) is 0 Å². The van der Waals surface area contributed by atoms with Crippen LogP contribution in [-0.4, -0.2) is 71.8 Å². The molecular formula is C20H27N3O4. The summed E-state index contributed by atoms with van der Waals surface area (Å²) < 4.78 is 0. The number of anilines is 1. The van der Waals surface area contributed by atoms with Crippen LogP contribution in [0.2, 0.25) is 0 Å². The van der Waals surface area contributed by atoms with E-state index in [4.69, 9.17) is 10.2 Å². The molecule has 2 rings (SSSR count). The van der Waals surface area contributed by atoms with Crippen molar-refractivity contribution >= 4 is 28.7 Å². The van der Waals surface area contributed by atoms with Crippen molar-refractivity contribution < 1.29 is 19.8 Å². The number of hydrogen-bond donors (Lipinski definition) is 3. The van der Waals surface area contributed by atoms with Gasteiger partial charge in [-0.2, -0.15) is 0 Å². The molecule has 0 bridgehead atoms. The summed E-state index contributed by atoms with van der Waals surface area (Å²) in [7, 11) is 0. The van der Waals surface area contributed by atoms with Gasteiger partial charge in [0.25, 0.3) is 0 Å². The van der Waals surface area contributed by atoms with Crippen LogP contribution in [0.15, 0.2) is 41.4 Å². The quantitative estimate of drug-likeness (QED) is 0.421. The molecule has 7 heteroatoms. The number of ketones is 2. The molecule has 0 fully saturated rings. The highest BCUT2D eigenvalue weighted by atomic mass is 16.3. The number of allylic oxidation sites excluding steroid dienone is 2. The van der Waals surface area contributed by atoms with Gasteiger partial charge in [-0.25, -0.2) is 4.99 Å². The number of benzene rings is 1. The molecule has 7 nitrogen and oxygen atoms in total. The summed E-state index contributed by atoms with van der Waals surface area (Å²) in [6.45, 7) is 4.45. The zero-order valence-corrected chi connectivity index (χ0v) is 15.6. The molecule has 0 aromatic heterocycles. The average Bonchev–Trinajstić information content (AvgIpc) is 2.67. The number of carbonyl (C=O) groups is 2. The highest BCUT2D eigenvalue weighted by Crippen LogP contribution is 2.19. The topological polar surface area (TPSA) is 102 Å². The number of hydrogen-bond acceptors (Lipinski definition) is 7. The second-order valence-corrected chi connectivity index (χ2v) is 6.43. The van der Waals surface area contributed by atoms with E-state index in [1.165, 1.54) is 12.2 Å². The minimum atomic E-state index is -0.661. The summed E-state index contributed by atoms with van der Waals surface area (Å²) in [5, 5.41) is 21.3. The van der Waals surface area contributed by atoms with Gasteiger partial charge >= 0.3 is 0 Å². The van der Waals surface area contributed by atoms with Gasteiger partial charge in [-0.05, 0) is 56.3 Å². The molecule has 0 amide bonds. The normalized spacial score (nSPS) is 18.5. The molecule has 27 heavy (non-hydrogen) atoms. The van der Waals surface area contributed by atoms with E-state index >= 15 is 0 Å². The standard InChI is InChI=1S/C20H27N3O4/c1-15-19(26)8-7-18(20(15)27)22-17-5-3-16(4-6-17)21-9-2-10-23(11-13-24)12-14-25/h3-8,15,21,24-25H,2,9-14H2,1H3. The van der Waals surface area contributed by atoms with Gasteiger partial charge in [-0.1, -0.05) is 0 Å². The number of aliphatic hydroxyl groups excluding tert-OH is 2. The summed E-state index contributed by atoms with van der Waals surface area (Å²) >= 11 is 0. The predicted molar refractivity (Wildman–Crippen MR) is 106 cm³/mol. The first kappa shape index (κ1) is 21.0. The lowest BCUT2D eigenvalue weighted by atomic mass is 9.92. The Morgan fingerprint density at radius 3 is 2.33 bits per heavy atom. The average molecular weight is 373 g/mol. The SMILES string of the molecule is CC1C(=O)C=CC(=Nc2ccc(NCCCN(CCO)CCO)cc2)C1=O. The minimum Gasteiger partial charge on any atom is -0.395 e. The molecule has 1 unspecified atom stereocenters. The molecule has 1 aromatic rings. The fourth-order valence-corrected chi connectivity index (χ4v) is 2.78. The third kappa shape index (κ3) is 6.39. The zero-order chi connectivity index (χ0) is 19.6. The van der Waals surface area contributed by atoms with E-state index in [0.717, 1.165) is 25.2 Å². The van der Waals surface area contributed by atoms with Gasteiger partial charge in [0.15, 0.2) is 11.6 Å². The van der Waals surface area contributed by atoms with Crippen molar-refractivity contribution in [3.05, 3.63) is 36.4 Å². The van der Waals surface area contributed by atoms with E-state index < -0.39 is 5.92 Å². The summed E-state index contributed by atoms with van der Waals surface area (Å²) in [5.41, 5.74) is 1.91. The number of aliphatic imine (C=N–C) groups is 1. The lowest BCUT2D eigenvalue weighted by Crippen LogP contribution is -2.31. The first-order chi connectivity index (χ1) is 13.0. The molecule has 146 valence electrons. The third-order valence-electron chi connectivity index (χ3n) is 4.41. The monoisotopic (exact) mass is 373 g/mol. The maximum absolute atomic E-state index is 12.1. The van der Waals surface area contributed by atoms with Crippen LogP contribution < -0.4 is 5.32 Å². The largest absolute Gasteiger partial charge is 0.395 e. The lowest BCUT2D eigenvalue weighted by Gasteiger charge is -2.20. The van der Waals surface area contributed by atoms with Crippen molar-refractivity contribution in [2.24, 2.45) is 10.9 Å². The maximum Gasteiger partial charge on any atom is 0.191 e. The molecule has 1 aliphatic rings. The molecule has 3 N–H and O–H groups in total. The van der Waals surface area contributed by atoms with Gasteiger partial charge in [0.2, 0.25) is 0 Å². The van der Waals surface area contributed by atoms with Crippen LogP contribution in [0.4, 0.5) is 11.4 Å². The summed E-state index contributed by atoms with van der Waals surface area (Å²) in [6.07, 6.45) is 3.76. The zero-order valence-electron chi connectivity index (χ0n) is 15.6. The fourth-order valence-electron chi connectivity index (χ4n) is 2.78. The Morgan fingerprint density at radius 2 is 1.70 bits per heavy atom. The second kappa shape index (κ2) is 10.7. The fraction of sp³-hybridized carbons (Fsp3) is 0.450. The molecule has 0 saturated carbocycles. The highest BCUT2D eigenvalue weighted by Gasteiger charge is 2.26. The van der Waals surface area contributed by atoms with Crippen LogP contribution in [0.25, 0.3) is 0 Å². The maximum atomic E-state index is 12.1. The minimum absolute atomic E-state index is 0.0853. The van der Waals surface area contributed by atoms with Gasteiger partial charge in [0, 0.05) is 25.3 Å². The van der Waals surface area contributed by atoms with Crippen molar-refractivity contribution in [1.29, 1.82) is 0 Å². The Balaban J connectivity index is 1.85. The number of nitrogens with zero attached hydrogens (tertiary/aromatic N) is 2. The lowest BCUT2D eigenvalue weighted by molar-refractivity contribution is -0.126. The predicted octanol–water partition coefficient (Wildman–Crippen LogP) is 1.19. The van der Waals surface area contributed by atoms with Crippen LogP contribution in [0, 0.1) is 5.92 Å². The van der Waals surface area contributed by atoms with E-state index in [9.17, 15) is 9.59 Å². The van der Waals surface area contributed by atoms with Gasteiger partial charge in [-0.3, -0.25) is 14.5 Å². The van der Waals surface area contributed by atoms with Crippen molar-refractivity contribution in [3.63, 3.8) is 0 Å². The number of Topliss-reactive ketones (excluding diaryl/α,β-unsaturated/α-hetero) is 1. The van der Waals surface area contributed by atoms with Crippen LogP contribution in [-0.2, 0) is 9.59 Å². The number of rotatable bonds is 10. The number of nitrogens with one attached hydrogen (secondary N) is 1. The molecule has 1 atom stereocenters. The van der Waals surface area contributed by atoms with E-state index in [-0.39, 0.29) is 24.8 Å². The third-order valence-corrected chi connectivity index (χ3v) is 4.41. The summed E-state index contributed by atoms with van der Waals surface area (Å²) in [6, 6.07) is 7.43. The first-order valence-electron chi connectivity index (χ1n) is 9.18. The van der Waals surface area contributed by atoms with E-state index in [0.29, 0.717) is 24.5 Å². The Kier molecular flexibility index (Phi) is 8.32. The molecule has 1 aromatic carbocycles. The molecule has 0 aliphatic heterocycles. The van der Waals surface area contributed by atoms with Crippen molar-refractivity contribution in [2.45, 2.75) is 13.3 Å². The number of carbonyl (C=O) groups excluding carboxylic acids is 2. The van der Waals surface area contributed by atoms with E-state index in [1.807, 2.05) is 29.2 Å². The van der Waals surface area contributed by atoms with Crippen LogP contribution in [0.5, 0.6) is 0 Å². The molecule has 1 aliphatic carbocycles. The van der Waals surface area contributed by atoms with E-state index in [1.54, 1.807) is 6.92 Å². The Morgan fingerprint density at radius 1 is 1.04 bits per heavy atom. The Labute approximate surface area is 159 Å². The highest BCUT2D eigenvalue weighted by molar-refractivity contribution is 6.50. The van der Waals surface area contributed by atoms with Crippen molar-refractivity contribution in [1.82, 2.24) is 4.90 Å². The van der Waals surface area contributed by atoms with Gasteiger partial charge in [-0.15, -0.1) is 0 Å². The molecule has 0 radical (unpaired) electrons. The van der Waals surface area contributed by atoms with Crippen molar-refractivity contribution in [2.75, 3.05) is 44.7 Å². The first-order valence-corrected chi connectivity index (χ1v) is 9.18. The van der Waals surface area contributed by atoms with Crippen LogP contribution in [0.1, 0.15) is 13.3 Å². The van der Waals surface area contributed by atoms with Gasteiger partial charge < -0.3 is 15.5 Å².